The molecule has 0 bridgehead atoms. The molecule has 1 N–H and O–H groups in total. The van der Waals surface area contributed by atoms with Crippen LogP contribution in [0.15, 0.2) is 23.1 Å². The number of benzene rings is 1. The largest absolute Gasteiger partial charge is 0.454 e. The van der Waals surface area contributed by atoms with Gasteiger partial charge < -0.3 is 9.47 Å². The van der Waals surface area contributed by atoms with Gasteiger partial charge in [0.15, 0.2) is 11.5 Å². The summed E-state index contributed by atoms with van der Waals surface area (Å²) in [6, 6.07) is 5.01. The summed E-state index contributed by atoms with van der Waals surface area (Å²) in [4.78, 5) is 0.197. The number of rotatable bonds is 3. The van der Waals surface area contributed by atoms with Crippen LogP contribution in [0.2, 0.25) is 0 Å². The highest BCUT2D eigenvalue weighted by molar-refractivity contribution is 7.92. The zero-order chi connectivity index (χ0) is 15.2. The molecule has 112 valence electrons. The quantitative estimate of drug-likeness (QED) is 0.930. The van der Waals surface area contributed by atoms with E-state index in [4.69, 9.17) is 9.47 Å². The van der Waals surface area contributed by atoms with Gasteiger partial charge >= 0.3 is 0 Å². The Morgan fingerprint density at radius 3 is 2.62 bits per heavy atom. The van der Waals surface area contributed by atoms with Crippen LogP contribution in [0.1, 0.15) is 11.4 Å². The minimum atomic E-state index is -3.68. The fourth-order valence-electron chi connectivity index (χ4n) is 2.28. The molecular formula is C13H15N3O4S. The Kier molecular flexibility index (Phi) is 3.05. The summed E-state index contributed by atoms with van der Waals surface area (Å²) in [6.45, 7) is 3.49. The molecule has 3 rings (SSSR count). The van der Waals surface area contributed by atoms with Crippen LogP contribution in [-0.2, 0) is 10.0 Å². The summed E-state index contributed by atoms with van der Waals surface area (Å²) in [5.74, 6) is 1.15. The molecule has 1 aromatic carbocycles. The number of nitrogens with one attached hydrogen (secondary N) is 1. The highest BCUT2D eigenvalue weighted by atomic mass is 32.2. The van der Waals surface area contributed by atoms with Crippen molar-refractivity contribution in [1.82, 2.24) is 10.2 Å². The zero-order valence-corrected chi connectivity index (χ0v) is 12.7. The van der Waals surface area contributed by atoms with Crippen molar-refractivity contribution in [2.24, 2.45) is 0 Å². The van der Waals surface area contributed by atoms with E-state index in [1.165, 1.54) is 11.4 Å². The number of aromatic amines is 1. The van der Waals surface area contributed by atoms with E-state index in [1.807, 2.05) is 0 Å². The van der Waals surface area contributed by atoms with Crippen molar-refractivity contribution in [1.29, 1.82) is 0 Å². The Morgan fingerprint density at radius 2 is 1.95 bits per heavy atom. The summed E-state index contributed by atoms with van der Waals surface area (Å²) in [6.07, 6.45) is 0. The number of hydrogen-bond acceptors (Lipinski definition) is 5. The van der Waals surface area contributed by atoms with Crippen LogP contribution in [-0.4, -0.2) is 32.5 Å². The Morgan fingerprint density at radius 1 is 1.24 bits per heavy atom. The molecular weight excluding hydrogens is 294 g/mol. The maximum atomic E-state index is 12.7. The predicted molar refractivity (Wildman–Crippen MR) is 76.2 cm³/mol. The number of nitrogens with zero attached hydrogens (tertiary/aromatic N) is 2. The first-order valence-corrected chi connectivity index (χ1v) is 7.75. The number of anilines is 1. The van der Waals surface area contributed by atoms with Crippen LogP contribution in [0.3, 0.4) is 0 Å². The fourth-order valence-corrected chi connectivity index (χ4v) is 3.79. The lowest BCUT2D eigenvalue weighted by Gasteiger charge is -2.19. The second-order valence-corrected chi connectivity index (χ2v) is 6.68. The van der Waals surface area contributed by atoms with Crippen LogP contribution < -0.4 is 13.8 Å². The molecule has 1 aromatic heterocycles. The lowest BCUT2D eigenvalue weighted by Crippen LogP contribution is -2.27. The molecule has 0 saturated carbocycles. The third-order valence-electron chi connectivity index (χ3n) is 3.40. The van der Waals surface area contributed by atoms with Crippen LogP contribution in [0.25, 0.3) is 0 Å². The SMILES string of the molecule is Cc1n[nH]c(C)c1S(=O)(=O)N(C)c1ccc2c(c1)OCO2. The molecule has 7 nitrogen and oxygen atoms in total. The van der Waals surface area contributed by atoms with Crippen molar-refractivity contribution in [3.63, 3.8) is 0 Å². The number of sulfonamides is 1. The van der Waals surface area contributed by atoms with E-state index >= 15 is 0 Å². The molecule has 21 heavy (non-hydrogen) atoms. The van der Waals surface area contributed by atoms with Gasteiger partial charge in [-0.25, -0.2) is 8.42 Å². The summed E-state index contributed by atoms with van der Waals surface area (Å²) >= 11 is 0. The molecule has 8 heteroatoms. The maximum absolute atomic E-state index is 12.7. The van der Waals surface area contributed by atoms with E-state index in [-0.39, 0.29) is 11.7 Å². The molecule has 0 radical (unpaired) electrons. The van der Waals surface area contributed by atoms with Gasteiger partial charge in [-0.15, -0.1) is 0 Å². The third-order valence-corrected chi connectivity index (χ3v) is 5.45. The normalized spacial score (nSPS) is 13.5. The second-order valence-electron chi connectivity index (χ2n) is 4.77. The number of ether oxygens (including phenoxy) is 2. The van der Waals surface area contributed by atoms with Crippen molar-refractivity contribution in [2.75, 3.05) is 18.1 Å². The van der Waals surface area contributed by atoms with Gasteiger partial charge in [0.1, 0.15) is 4.90 Å². The Hall–Kier alpha value is -2.22. The Balaban J connectivity index is 2.03. The number of fused-ring (bicyclic) bond motifs is 1. The van der Waals surface area contributed by atoms with E-state index < -0.39 is 10.0 Å². The van der Waals surface area contributed by atoms with Gasteiger partial charge in [-0.3, -0.25) is 9.40 Å². The molecule has 0 unspecified atom stereocenters. The number of H-pyrrole nitrogens is 1. The highest BCUT2D eigenvalue weighted by Gasteiger charge is 2.28. The molecule has 2 aromatic rings. The molecule has 0 atom stereocenters. The van der Waals surface area contributed by atoms with Gasteiger partial charge in [-0.05, 0) is 26.0 Å². The van der Waals surface area contributed by atoms with Gasteiger partial charge in [0.25, 0.3) is 10.0 Å². The summed E-state index contributed by atoms with van der Waals surface area (Å²) in [5.41, 5.74) is 1.46. The van der Waals surface area contributed by atoms with Crippen molar-refractivity contribution in [3.05, 3.63) is 29.6 Å². The first kappa shape index (κ1) is 13.7. The van der Waals surface area contributed by atoms with Gasteiger partial charge in [-0.1, -0.05) is 0 Å². The Bertz CT molecular complexity index is 778. The van der Waals surface area contributed by atoms with Gasteiger partial charge in [0.2, 0.25) is 6.79 Å². The minimum absolute atomic E-state index is 0.148. The van der Waals surface area contributed by atoms with Crippen LogP contribution >= 0.6 is 0 Å². The molecule has 0 amide bonds. The van der Waals surface area contributed by atoms with Gasteiger partial charge in [0, 0.05) is 13.1 Å². The van der Waals surface area contributed by atoms with Crippen LogP contribution in [0.5, 0.6) is 11.5 Å². The molecule has 0 aliphatic carbocycles. The summed E-state index contributed by atoms with van der Waals surface area (Å²) < 4.78 is 37.2. The van der Waals surface area contributed by atoms with Crippen LogP contribution in [0, 0.1) is 13.8 Å². The lowest BCUT2D eigenvalue weighted by atomic mass is 10.3. The molecule has 0 fully saturated rings. The van der Waals surface area contributed by atoms with Crippen LogP contribution in [0.4, 0.5) is 5.69 Å². The first-order valence-electron chi connectivity index (χ1n) is 6.31. The third kappa shape index (κ3) is 2.11. The molecule has 0 spiro atoms. The number of hydrogen-bond donors (Lipinski definition) is 1. The molecule has 2 heterocycles. The number of aromatic nitrogens is 2. The number of aryl methyl sites for hydroxylation is 2. The topological polar surface area (TPSA) is 84.5 Å². The zero-order valence-electron chi connectivity index (χ0n) is 11.9. The molecule has 0 saturated heterocycles. The average molecular weight is 309 g/mol. The Labute approximate surface area is 122 Å². The standard InChI is InChI=1S/C13H15N3O4S/c1-8-13(9(2)15-14-8)21(17,18)16(3)10-4-5-11-12(6-10)20-7-19-11/h4-6H,7H2,1-3H3,(H,14,15). The highest BCUT2D eigenvalue weighted by Crippen LogP contribution is 2.36. The molecule has 1 aliphatic heterocycles. The van der Waals surface area contributed by atoms with E-state index in [1.54, 1.807) is 32.0 Å². The van der Waals surface area contributed by atoms with E-state index in [0.29, 0.717) is 28.6 Å². The second kappa shape index (κ2) is 4.66. The first-order chi connectivity index (χ1) is 9.91. The molecule has 1 aliphatic rings. The van der Waals surface area contributed by atoms with Crippen molar-refractivity contribution >= 4 is 15.7 Å². The fraction of sp³-hybridized carbons (Fsp3) is 0.308. The van der Waals surface area contributed by atoms with E-state index in [9.17, 15) is 8.42 Å². The maximum Gasteiger partial charge on any atom is 0.267 e. The average Bonchev–Trinajstić information content (AvgIpc) is 3.03. The predicted octanol–water partition coefficient (Wildman–Crippen LogP) is 1.58. The summed E-state index contributed by atoms with van der Waals surface area (Å²) in [7, 11) is -2.19. The van der Waals surface area contributed by atoms with Gasteiger partial charge in [-0.2, -0.15) is 5.10 Å². The minimum Gasteiger partial charge on any atom is -0.454 e. The van der Waals surface area contributed by atoms with Crippen molar-refractivity contribution < 1.29 is 17.9 Å². The smallest absolute Gasteiger partial charge is 0.267 e. The van der Waals surface area contributed by atoms with E-state index in [2.05, 4.69) is 10.2 Å². The van der Waals surface area contributed by atoms with E-state index in [0.717, 1.165) is 0 Å². The van der Waals surface area contributed by atoms with Crippen molar-refractivity contribution in [2.45, 2.75) is 18.7 Å². The van der Waals surface area contributed by atoms with Crippen molar-refractivity contribution in [3.8, 4) is 11.5 Å². The monoisotopic (exact) mass is 309 g/mol. The van der Waals surface area contributed by atoms with Gasteiger partial charge in [0.05, 0.1) is 17.1 Å². The summed E-state index contributed by atoms with van der Waals surface area (Å²) in [5, 5.41) is 6.63. The lowest BCUT2D eigenvalue weighted by molar-refractivity contribution is 0.174.